The van der Waals surface area contributed by atoms with Crippen molar-refractivity contribution in [2.24, 2.45) is 5.92 Å². The van der Waals surface area contributed by atoms with Crippen molar-refractivity contribution in [2.75, 3.05) is 25.5 Å². The van der Waals surface area contributed by atoms with Gasteiger partial charge >= 0.3 is 0 Å². The van der Waals surface area contributed by atoms with E-state index in [1.807, 2.05) is 5.38 Å². The van der Waals surface area contributed by atoms with Gasteiger partial charge in [0.25, 0.3) is 5.91 Å². The molecule has 0 radical (unpaired) electrons. The molecule has 2 aliphatic rings. The number of piperidine rings is 1. The van der Waals surface area contributed by atoms with E-state index in [9.17, 15) is 13.2 Å². The van der Waals surface area contributed by atoms with Crippen molar-refractivity contribution < 1.29 is 13.2 Å². The molecule has 0 bridgehead atoms. The number of sulfonamides is 1. The van der Waals surface area contributed by atoms with Gasteiger partial charge in [-0.1, -0.05) is 32.3 Å². The summed E-state index contributed by atoms with van der Waals surface area (Å²) in [7, 11) is -2.00. The highest BCUT2D eigenvalue weighted by atomic mass is 32.2. The Hall–Kier alpha value is -1.81. The maximum absolute atomic E-state index is 13.2. The fourth-order valence-electron chi connectivity index (χ4n) is 4.87. The van der Waals surface area contributed by atoms with Crippen LogP contribution in [-0.4, -0.2) is 54.7 Å². The molecule has 1 atom stereocenters. The Morgan fingerprint density at radius 1 is 1.21 bits per heavy atom. The Morgan fingerprint density at radius 2 is 2.00 bits per heavy atom. The number of nitrogens with zero attached hydrogens (tertiary/aromatic N) is 3. The fourth-order valence-corrected chi connectivity index (χ4v) is 7.03. The molecule has 1 saturated carbocycles. The Bertz CT molecular complexity index is 1060. The molecule has 2 heterocycles. The molecule has 1 aromatic carbocycles. The summed E-state index contributed by atoms with van der Waals surface area (Å²) in [6, 6.07) is 6.32. The molecule has 1 amide bonds. The van der Waals surface area contributed by atoms with Gasteiger partial charge in [-0.2, -0.15) is 4.31 Å². The lowest BCUT2D eigenvalue weighted by atomic mass is 9.96. The van der Waals surface area contributed by atoms with Crippen LogP contribution >= 0.6 is 11.3 Å². The van der Waals surface area contributed by atoms with Crippen LogP contribution in [-0.2, 0) is 16.6 Å². The van der Waals surface area contributed by atoms with E-state index in [2.05, 4.69) is 22.1 Å². The molecule has 1 aliphatic heterocycles. The lowest BCUT2D eigenvalue weighted by molar-refractivity contribution is 0.102. The SMILES string of the molecule is CC1CCCN(Cc2csc(NC(=O)c3cccc(S(=O)(=O)N(C)C4CCCCC4)c3)n2)C1. The predicted molar refractivity (Wildman–Crippen MR) is 132 cm³/mol. The topological polar surface area (TPSA) is 82.6 Å². The number of hydrogen-bond acceptors (Lipinski definition) is 6. The van der Waals surface area contributed by atoms with E-state index in [1.54, 1.807) is 25.2 Å². The molecule has 2 fully saturated rings. The summed E-state index contributed by atoms with van der Waals surface area (Å²) < 4.78 is 27.8. The molecule has 9 heteroatoms. The molecule has 7 nitrogen and oxygen atoms in total. The first kappa shape index (κ1) is 24.3. The van der Waals surface area contributed by atoms with Crippen molar-refractivity contribution in [2.45, 2.75) is 69.4 Å². The highest BCUT2D eigenvalue weighted by molar-refractivity contribution is 7.89. The first-order valence-corrected chi connectivity index (χ1v) is 14.2. The van der Waals surface area contributed by atoms with Gasteiger partial charge in [-0.25, -0.2) is 13.4 Å². The molecule has 1 saturated heterocycles. The number of rotatable bonds is 7. The van der Waals surface area contributed by atoms with Crippen LogP contribution in [0, 0.1) is 5.92 Å². The summed E-state index contributed by atoms with van der Waals surface area (Å²) in [6.45, 7) is 5.23. The highest BCUT2D eigenvalue weighted by Gasteiger charge is 2.29. The second-order valence-electron chi connectivity index (χ2n) is 9.42. The number of anilines is 1. The summed E-state index contributed by atoms with van der Waals surface area (Å²) in [6.07, 6.45) is 7.54. The van der Waals surface area contributed by atoms with E-state index in [1.165, 1.54) is 34.6 Å². The standard InChI is InChI=1S/C24H34N4O3S2/c1-18-8-7-13-28(15-18)16-20-17-32-24(25-20)26-23(29)19-9-6-12-22(14-19)33(30,31)27(2)21-10-4-3-5-11-21/h6,9,12,14,17-18,21H,3-5,7-8,10-11,13,15-16H2,1-2H3,(H,25,26,29). The number of carbonyl (C=O) groups excluding carboxylic acids is 1. The van der Waals surface area contributed by atoms with Crippen LogP contribution in [0.5, 0.6) is 0 Å². The number of aromatic nitrogens is 1. The van der Waals surface area contributed by atoms with Gasteiger partial charge in [-0.05, 0) is 56.3 Å². The third-order valence-electron chi connectivity index (χ3n) is 6.76. The van der Waals surface area contributed by atoms with Crippen LogP contribution in [0.3, 0.4) is 0 Å². The molecule has 4 rings (SSSR count). The maximum Gasteiger partial charge on any atom is 0.257 e. The molecule has 0 spiro atoms. The molecule has 1 aromatic heterocycles. The third kappa shape index (κ3) is 6.01. The van der Waals surface area contributed by atoms with E-state index in [-0.39, 0.29) is 16.8 Å². The summed E-state index contributed by atoms with van der Waals surface area (Å²) in [5.41, 5.74) is 1.27. The zero-order valence-corrected chi connectivity index (χ0v) is 21.1. The Morgan fingerprint density at radius 3 is 2.76 bits per heavy atom. The van der Waals surface area contributed by atoms with Crippen LogP contribution in [0.2, 0.25) is 0 Å². The second kappa shape index (κ2) is 10.6. The molecule has 1 aliphatic carbocycles. The van der Waals surface area contributed by atoms with Crippen molar-refractivity contribution in [1.82, 2.24) is 14.2 Å². The van der Waals surface area contributed by atoms with Gasteiger partial charge in [0.1, 0.15) is 0 Å². The van der Waals surface area contributed by atoms with Crippen molar-refractivity contribution in [3.05, 3.63) is 40.9 Å². The number of benzene rings is 1. The number of likely N-dealkylation sites (tertiary alicyclic amines) is 1. The third-order valence-corrected chi connectivity index (χ3v) is 9.47. The van der Waals surface area contributed by atoms with E-state index in [4.69, 9.17) is 0 Å². The van der Waals surface area contributed by atoms with Crippen LogP contribution in [0.4, 0.5) is 5.13 Å². The van der Waals surface area contributed by atoms with Crippen LogP contribution in [0.25, 0.3) is 0 Å². The van der Waals surface area contributed by atoms with E-state index in [0.29, 0.717) is 16.6 Å². The maximum atomic E-state index is 13.2. The summed E-state index contributed by atoms with van der Waals surface area (Å²) in [5, 5.41) is 5.35. The van der Waals surface area contributed by atoms with Gasteiger partial charge in [-0.15, -0.1) is 11.3 Å². The van der Waals surface area contributed by atoms with Crippen molar-refractivity contribution in [3.8, 4) is 0 Å². The van der Waals surface area contributed by atoms with Crippen molar-refractivity contribution in [1.29, 1.82) is 0 Å². The number of hydrogen-bond donors (Lipinski definition) is 1. The van der Waals surface area contributed by atoms with E-state index < -0.39 is 10.0 Å². The van der Waals surface area contributed by atoms with Crippen LogP contribution < -0.4 is 5.32 Å². The Kier molecular flexibility index (Phi) is 7.83. The normalized spacial score (nSPS) is 20.8. The minimum absolute atomic E-state index is 0.0258. The Labute approximate surface area is 201 Å². The predicted octanol–water partition coefficient (Wildman–Crippen LogP) is 4.58. The number of carbonyl (C=O) groups is 1. The zero-order chi connectivity index (χ0) is 23.4. The largest absolute Gasteiger partial charge is 0.298 e. The lowest BCUT2D eigenvalue weighted by Crippen LogP contribution is -2.38. The molecular formula is C24H34N4O3S2. The number of thiazole rings is 1. The van der Waals surface area contributed by atoms with Crippen LogP contribution in [0.15, 0.2) is 34.5 Å². The molecule has 180 valence electrons. The van der Waals surface area contributed by atoms with Gasteiger partial charge in [0, 0.05) is 37.1 Å². The molecule has 2 aromatic rings. The van der Waals surface area contributed by atoms with Gasteiger partial charge < -0.3 is 0 Å². The van der Waals surface area contributed by atoms with Gasteiger partial charge in [-0.3, -0.25) is 15.0 Å². The zero-order valence-electron chi connectivity index (χ0n) is 19.5. The first-order chi connectivity index (χ1) is 15.8. The average Bonchev–Trinajstić information content (AvgIpc) is 3.25. The van der Waals surface area contributed by atoms with E-state index in [0.717, 1.165) is 57.4 Å². The van der Waals surface area contributed by atoms with Gasteiger partial charge in [0.05, 0.1) is 10.6 Å². The monoisotopic (exact) mass is 490 g/mol. The molecule has 1 N–H and O–H groups in total. The number of amides is 1. The average molecular weight is 491 g/mol. The first-order valence-electron chi connectivity index (χ1n) is 11.9. The highest BCUT2D eigenvalue weighted by Crippen LogP contribution is 2.27. The number of nitrogens with one attached hydrogen (secondary N) is 1. The smallest absolute Gasteiger partial charge is 0.257 e. The summed E-state index contributed by atoms with van der Waals surface area (Å²) in [5.74, 6) is 0.358. The second-order valence-corrected chi connectivity index (χ2v) is 12.3. The minimum atomic E-state index is -3.65. The summed E-state index contributed by atoms with van der Waals surface area (Å²) >= 11 is 1.40. The van der Waals surface area contributed by atoms with Crippen molar-refractivity contribution in [3.63, 3.8) is 0 Å². The Balaban J connectivity index is 1.41. The molecule has 1 unspecified atom stereocenters. The van der Waals surface area contributed by atoms with Gasteiger partial charge in [0.2, 0.25) is 10.0 Å². The quantitative estimate of drug-likeness (QED) is 0.614. The minimum Gasteiger partial charge on any atom is -0.298 e. The van der Waals surface area contributed by atoms with Crippen molar-refractivity contribution >= 4 is 32.4 Å². The van der Waals surface area contributed by atoms with Crippen LogP contribution in [0.1, 0.15) is 67.9 Å². The molecular weight excluding hydrogens is 456 g/mol. The lowest BCUT2D eigenvalue weighted by Gasteiger charge is -2.30. The molecule has 33 heavy (non-hydrogen) atoms. The van der Waals surface area contributed by atoms with Gasteiger partial charge in [0.15, 0.2) is 5.13 Å². The van der Waals surface area contributed by atoms with E-state index >= 15 is 0 Å². The summed E-state index contributed by atoms with van der Waals surface area (Å²) in [4.78, 5) is 20.0. The fraction of sp³-hybridized carbons (Fsp3) is 0.583.